The molecule has 0 amide bonds. The zero-order valence-corrected chi connectivity index (χ0v) is 22.3. The molecule has 9 heteroatoms. The van der Waals surface area contributed by atoms with Crippen molar-refractivity contribution >= 4 is 11.6 Å². The van der Waals surface area contributed by atoms with Gasteiger partial charge in [-0.1, -0.05) is 53.6 Å². The van der Waals surface area contributed by atoms with Crippen LogP contribution >= 0.6 is 11.6 Å². The normalized spacial score (nSPS) is 12.2. The highest BCUT2D eigenvalue weighted by molar-refractivity contribution is 6.34. The molecule has 0 aliphatic heterocycles. The fourth-order valence-corrected chi connectivity index (χ4v) is 4.55. The van der Waals surface area contributed by atoms with E-state index < -0.39 is 23.3 Å². The van der Waals surface area contributed by atoms with Gasteiger partial charge in [-0.15, -0.1) is 0 Å². The largest absolute Gasteiger partial charge is 0.506 e. The van der Waals surface area contributed by atoms with Gasteiger partial charge in [0.2, 0.25) is 0 Å². The summed E-state index contributed by atoms with van der Waals surface area (Å²) in [5, 5.41) is 15.4. The lowest BCUT2D eigenvalue weighted by Gasteiger charge is -2.20. The number of hydrogen-bond donors (Lipinski definition) is 1. The summed E-state index contributed by atoms with van der Waals surface area (Å²) in [7, 11) is 1.45. The van der Waals surface area contributed by atoms with Crippen LogP contribution in [0.2, 0.25) is 5.02 Å². The Hall–Kier alpha value is -3.52. The Bertz CT molecular complexity index is 1490. The summed E-state index contributed by atoms with van der Waals surface area (Å²) in [6.07, 6.45) is 0. The smallest absolute Gasteiger partial charge is 0.288 e. The molecule has 0 aliphatic rings. The number of phenols is 1. The summed E-state index contributed by atoms with van der Waals surface area (Å²) < 4.78 is 64.0. The summed E-state index contributed by atoms with van der Waals surface area (Å²) in [6, 6.07) is 14.6. The molecular formula is C29H27ClF4N2O2. The molecule has 38 heavy (non-hydrogen) atoms. The van der Waals surface area contributed by atoms with Crippen molar-refractivity contribution in [3.63, 3.8) is 0 Å². The summed E-state index contributed by atoms with van der Waals surface area (Å²) in [4.78, 5) is 0. The van der Waals surface area contributed by atoms with Gasteiger partial charge in [0.05, 0.1) is 21.8 Å². The molecule has 200 valence electrons. The van der Waals surface area contributed by atoms with Gasteiger partial charge in [-0.25, -0.2) is 8.78 Å². The number of aromatic nitrogens is 2. The summed E-state index contributed by atoms with van der Waals surface area (Å²) in [6.45, 7) is 5.15. The van der Waals surface area contributed by atoms with E-state index in [0.717, 1.165) is 24.1 Å². The molecule has 1 N–H and O–H groups in total. The van der Waals surface area contributed by atoms with Gasteiger partial charge in [-0.2, -0.15) is 13.9 Å². The lowest BCUT2D eigenvalue weighted by Crippen LogP contribution is -2.09. The van der Waals surface area contributed by atoms with Crippen LogP contribution in [0.15, 0.2) is 54.6 Å². The third kappa shape index (κ3) is 5.50. The van der Waals surface area contributed by atoms with Crippen molar-refractivity contribution in [1.29, 1.82) is 0 Å². The van der Waals surface area contributed by atoms with Crippen LogP contribution < -0.4 is 4.74 Å². The van der Waals surface area contributed by atoms with E-state index in [2.05, 4.69) is 5.10 Å². The zero-order chi connectivity index (χ0) is 28.0. The van der Waals surface area contributed by atoms with E-state index in [1.807, 2.05) is 31.2 Å². The zero-order valence-electron chi connectivity index (χ0n) is 21.5. The maximum atomic E-state index is 14.4. The number of hydrogen-bond acceptors (Lipinski definition) is 3. The average molecular weight is 547 g/mol. The molecule has 0 aliphatic carbocycles. The van der Waals surface area contributed by atoms with Crippen molar-refractivity contribution in [2.24, 2.45) is 7.05 Å². The highest BCUT2D eigenvalue weighted by Gasteiger charge is 2.32. The molecule has 0 bridgehead atoms. The van der Waals surface area contributed by atoms with Crippen LogP contribution in [0.25, 0.3) is 22.4 Å². The first-order chi connectivity index (χ1) is 17.7. The van der Waals surface area contributed by atoms with Gasteiger partial charge in [0.15, 0.2) is 0 Å². The predicted molar refractivity (Wildman–Crippen MR) is 140 cm³/mol. The number of phenolic OH excluding ortho intramolecular Hbond substituents is 1. The van der Waals surface area contributed by atoms with Crippen molar-refractivity contribution in [2.45, 2.75) is 46.1 Å². The second-order valence-corrected chi connectivity index (χ2v) is 9.98. The molecule has 0 radical (unpaired) electrons. The Morgan fingerprint density at radius 1 is 0.921 bits per heavy atom. The molecule has 0 saturated heterocycles. The second-order valence-electron chi connectivity index (χ2n) is 9.57. The van der Waals surface area contributed by atoms with Gasteiger partial charge < -0.3 is 9.84 Å². The third-order valence-corrected chi connectivity index (χ3v) is 6.61. The minimum absolute atomic E-state index is 0.0206. The Balaban J connectivity index is 1.93. The highest BCUT2D eigenvalue weighted by atomic mass is 35.5. The van der Waals surface area contributed by atoms with E-state index in [1.165, 1.54) is 29.9 Å². The number of alkyl halides is 4. The minimum Gasteiger partial charge on any atom is -0.506 e. The van der Waals surface area contributed by atoms with Gasteiger partial charge in [0, 0.05) is 32.5 Å². The third-order valence-electron chi connectivity index (χ3n) is 6.32. The van der Waals surface area contributed by atoms with Crippen LogP contribution in [0.4, 0.5) is 17.6 Å². The number of aryl methyl sites for hydroxylation is 3. The summed E-state index contributed by atoms with van der Waals surface area (Å²) in [5.41, 5.74) is 2.08. The van der Waals surface area contributed by atoms with E-state index in [-0.39, 0.29) is 45.3 Å². The maximum absolute atomic E-state index is 14.4. The second kappa shape index (κ2) is 9.98. The molecule has 0 saturated carbocycles. The van der Waals surface area contributed by atoms with Crippen molar-refractivity contribution in [1.82, 2.24) is 9.78 Å². The molecule has 0 spiro atoms. The lowest BCUT2D eigenvalue weighted by atomic mass is 9.93. The van der Waals surface area contributed by atoms with Crippen LogP contribution in [0.1, 0.15) is 41.8 Å². The number of ether oxygens (including phenoxy) is 1. The van der Waals surface area contributed by atoms with Gasteiger partial charge in [0.25, 0.3) is 11.8 Å². The Morgan fingerprint density at radius 2 is 1.58 bits per heavy atom. The molecule has 0 fully saturated rings. The minimum atomic E-state index is -3.23. The first-order valence-corrected chi connectivity index (χ1v) is 12.2. The Kier molecular flexibility index (Phi) is 7.23. The highest BCUT2D eigenvalue weighted by Crippen LogP contribution is 2.49. The Morgan fingerprint density at radius 3 is 2.16 bits per heavy atom. The molecule has 0 unspecified atom stereocenters. The van der Waals surface area contributed by atoms with E-state index in [9.17, 15) is 22.7 Å². The summed E-state index contributed by atoms with van der Waals surface area (Å²) in [5.74, 6) is -6.62. The average Bonchev–Trinajstić information content (AvgIpc) is 3.20. The van der Waals surface area contributed by atoms with Crippen LogP contribution in [0, 0.1) is 13.8 Å². The van der Waals surface area contributed by atoms with Crippen LogP contribution in [0.3, 0.4) is 0 Å². The number of aromatic hydroxyl groups is 1. The van der Waals surface area contributed by atoms with E-state index in [0.29, 0.717) is 12.5 Å². The van der Waals surface area contributed by atoms with Crippen molar-refractivity contribution in [3.8, 4) is 33.9 Å². The van der Waals surface area contributed by atoms with E-state index in [1.54, 1.807) is 13.0 Å². The quantitative estimate of drug-likeness (QED) is 0.236. The Labute approximate surface area is 223 Å². The van der Waals surface area contributed by atoms with Crippen LogP contribution in [0.5, 0.6) is 11.5 Å². The molecule has 4 aromatic rings. The molecule has 4 rings (SSSR count). The molecule has 0 atom stereocenters. The van der Waals surface area contributed by atoms with Gasteiger partial charge in [-0.05, 0) is 42.7 Å². The summed E-state index contributed by atoms with van der Waals surface area (Å²) >= 11 is 6.57. The SMILES string of the molecule is Cc1ccc(COc2cc(Cl)c(-c3cc(C(C)(F)F)nn3C)c(O)c2-c2ccc(C)c(C(C)(F)F)c2)cc1. The lowest BCUT2D eigenvalue weighted by molar-refractivity contribution is 0.0121. The first-order valence-electron chi connectivity index (χ1n) is 11.8. The van der Waals surface area contributed by atoms with Crippen molar-refractivity contribution in [2.75, 3.05) is 0 Å². The molecular weight excluding hydrogens is 520 g/mol. The van der Waals surface area contributed by atoms with Crippen LogP contribution in [-0.2, 0) is 25.5 Å². The van der Waals surface area contributed by atoms with Crippen LogP contribution in [-0.4, -0.2) is 14.9 Å². The monoisotopic (exact) mass is 546 g/mol. The van der Waals surface area contributed by atoms with E-state index in [4.69, 9.17) is 16.3 Å². The van der Waals surface area contributed by atoms with Crippen molar-refractivity contribution < 1.29 is 27.4 Å². The number of rotatable bonds is 7. The first kappa shape index (κ1) is 27.5. The predicted octanol–water partition coefficient (Wildman–Crippen LogP) is 8.53. The molecule has 1 heterocycles. The number of nitrogens with zero attached hydrogens (tertiary/aromatic N) is 2. The number of halogens is 5. The molecule has 3 aromatic carbocycles. The molecule has 4 nitrogen and oxygen atoms in total. The molecule has 1 aromatic heterocycles. The van der Waals surface area contributed by atoms with Gasteiger partial charge in [0.1, 0.15) is 23.8 Å². The topological polar surface area (TPSA) is 47.3 Å². The standard InChI is InChI=1S/C29H27ClF4N2O2/c1-16-6-9-18(10-7-16)15-38-23-13-21(30)26(22-14-24(29(4,33)34)35-36(22)5)27(37)25(23)19-11-8-17(2)20(12-19)28(3,31)32/h6-14,37H,15H2,1-5H3. The van der Waals surface area contributed by atoms with Crippen molar-refractivity contribution in [3.05, 3.63) is 87.6 Å². The number of benzene rings is 3. The van der Waals surface area contributed by atoms with Gasteiger partial charge in [-0.3, -0.25) is 4.68 Å². The fraction of sp³-hybridized carbons (Fsp3) is 0.276. The van der Waals surface area contributed by atoms with Gasteiger partial charge >= 0.3 is 0 Å². The fourth-order valence-electron chi connectivity index (χ4n) is 4.26. The maximum Gasteiger partial charge on any atom is 0.288 e. The van der Waals surface area contributed by atoms with E-state index >= 15 is 0 Å².